The second kappa shape index (κ2) is 55.4. The maximum Gasteiger partial charge on any atom is 0.472 e. The number of unbranched alkanes of at least 4 members (excludes halogenated alkanes) is 28. The monoisotopic (exact) mass is 1230 g/mol. The smallest absolute Gasteiger partial charge is 0.462 e. The van der Waals surface area contributed by atoms with E-state index in [1.54, 1.807) is 0 Å². The molecule has 0 bridgehead atoms. The SMILES string of the molecule is CCCCCCCCCCCC(=O)OC[C@H](COP(=O)(O)OC[C@H](O)COP(=O)(O)OC[C@@H](COC(=O)CCCCCCCCCC(C)C)OC(=O)CCCCCCCCCCCCC(C)CC)OC(=O)CCCCCCCCC(C)CC. The molecular weight excluding hydrogens is 1100 g/mol. The van der Waals surface area contributed by atoms with E-state index < -0.39 is 97.5 Å². The molecule has 0 rings (SSSR count). The van der Waals surface area contributed by atoms with Crippen LogP contribution in [0.15, 0.2) is 0 Å². The number of carbonyl (C=O) groups is 4. The van der Waals surface area contributed by atoms with E-state index >= 15 is 0 Å². The lowest BCUT2D eigenvalue weighted by molar-refractivity contribution is -0.161. The van der Waals surface area contributed by atoms with E-state index in [-0.39, 0.29) is 25.7 Å². The van der Waals surface area contributed by atoms with Crippen LogP contribution in [0.4, 0.5) is 0 Å². The van der Waals surface area contributed by atoms with Crippen molar-refractivity contribution in [2.45, 2.75) is 330 Å². The first-order valence-corrected chi connectivity index (χ1v) is 36.4. The van der Waals surface area contributed by atoms with Gasteiger partial charge < -0.3 is 33.8 Å². The number of phosphoric acid groups is 2. The molecule has 0 aliphatic rings. The van der Waals surface area contributed by atoms with Crippen LogP contribution in [0, 0.1) is 17.8 Å². The maximum absolute atomic E-state index is 13.0. The number of aliphatic hydroxyl groups is 1. The normalized spacial score (nSPS) is 15.0. The molecule has 3 N–H and O–H groups in total. The van der Waals surface area contributed by atoms with Gasteiger partial charge >= 0.3 is 39.5 Å². The highest BCUT2D eigenvalue weighted by molar-refractivity contribution is 7.47. The highest BCUT2D eigenvalue weighted by Gasteiger charge is 2.30. The topological polar surface area (TPSA) is 237 Å². The second-order valence-corrected chi connectivity index (χ2v) is 27.0. The zero-order chi connectivity index (χ0) is 61.7. The standard InChI is InChI=1S/C64H124O17P2/c1-8-11-12-13-14-17-23-31-38-45-61(66)74-52-60(81-64(69)48-41-34-27-26-30-37-44-57(7)10-3)54-79-83(72,73)77-50-58(65)49-76-82(70,71)78-53-59(51-75-62(67)46-39-32-25-20-21-28-35-42-55(4)5)80-63(68)47-40-33-24-19-16-15-18-22-29-36-43-56(6)9-2/h55-60,65H,8-54H2,1-7H3,(H,70,71)(H,72,73)/t56?,57?,58-,59-,60-/m1/s1. The highest BCUT2D eigenvalue weighted by Crippen LogP contribution is 2.45. The third-order valence-electron chi connectivity index (χ3n) is 15.4. The minimum atomic E-state index is -4.95. The minimum Gasteiger partial charge on any atom is -0.462 e. The van der Waals surface area contributed by atoms with E-state index in [0.29, 0.717) is 31.6 Å². The zero-order valence-electron chi connectivity index (χ0n) is 53.6. The summed E-state index contributed by atoms with van der Waals surface area (Å²) >= 11 is 0. The van der Waals surface area contributed by atoms with Gasteiger partial charge in [0.15, 0.2) is 12.2 Å². The Balaban J connectivity index is 5.25. The van der Waals surface area contributed by atoms with Gasteiger partial charge in [0.1, 0.15) is 19.3 Å². The van der Waals surface area contributed by atoms with Gasteiger partial charge in [-0.3, -0.25) is 37.3 Å². The molecule has 0 saturated carbocycles. The third-order valence-corrected chi connectivity index (χ3v) is 17.3. The number of rotatable bonds is 62. The number of aliphatic hydroxyl groups excluding tert-OH is 1. The summed E-state index contributed by atoms with van der Waals surface area (Å²) in [7, 11) is -9.89. The molecule has 0 spiro atoms. The van der Waals surface area contributed by atoms with Crippen molar-refractivity contribution in [1.82, 2.24) is 0 Å². The second-order valence-electron chi connectivity index (χ2n) is 24.1. The van der Waals surface area contributed by atoms with Crippen molar-refractivity contribution >= 4 is 39.5 Å². The quantitative estimate of drug-likeness (QED) is 0.0222. The van der Waals surface area contributed by atoms with Crippen LogP contribution in [-0.4, -0.2) is 96.7 Å². The first-order chi connectivity index (χ1) is 39.8. The Labute approximate surface area is 505 Å². The fourth-order valence-corrected chi connectivity index (χ4v) is 11.0. The maximum atomic E-state index is 13.0. The summed E-state index contributed by atoms with van der Waals surface area (Å²) in [5, 5.41) is 10.5. The minimum absolute atomic E-state index is 0.102. The van der Waals surface area contributed by atoms with Gasteiger partial charge in [-0.25, -0.2) is 9.13 Å². The number of carbonyl (C=O) groups excluding carboxylic acids is 4. The van der Waals surface area contributed by atoms with E-state index in [1.807, 2.05) is 0 Å². The molecule has 19 heteroatoms. The van der Waals surface area contributed by atoms with E-state index in [9.17, 15) is 43.2 Å². The molecule has 0 aromatic heterocycles. The third kappa shape index (κ3) is 56.3. The Morgan fingerprint density at radius 3 is 0.916 bits per heavy atom. The van der Waals surface area contributed by atoms with Gasteiger partial charge in [0.05, 0.1) is 26.4 Å². The van der Waals surface area contributed by atoms with Crippen molar-refractivity contribution < 1.29 is 80.2 Å². The molecule has 0 heterocycles. The Morgan fingerprint density at radius 1 is 0.349 bits per heavy atom. The number of phosphoric ester groups is 2. The Morgan fingerprint density at radius 2 is 0.614 bits per heavy atom. The zero-order valence-corrected chi connectivity index (χ0v) is 55.4. The first-order valence-electron chi connectivity index (χ1n) is 33.4. The fraction of sp³-hybridized carbons (Fsp3) is 0.938. The molecule has 0 fully saturated rings. The van der Waals surface area contributed by atoms with Crippen molar-refractivity contribution in [3.05, 3.63) is 0 Å². The predicted molar refractivity (Wildman–Crippen MR) is 331 cm³/mol. The molecule has 0 saturated heterocycles. The highest BCUT2D eigenvalue weighted by atomic mass is 31.2. The van der Waals surface area contributed by atoms with Gasteiger partial charge in [-0.1, -0.05) is 260 Å². The molecule has 0 aromatic rings. The summed E-state index contributed by atoms with van der Waals surface area (Å²) in [6.07, 6.45) is 36.2. The van der Waals surface area contributed by atoms with Crippen LogP contribution in [0.3, 0.4) is 0 Å². The van der Waals surface area contributed by atoms with Gasteiger partial charge in [0, 0.05) is 25.7 Å². The summed E-state index contributed by atoms with van der Waals surface area (Å²) in [5.41, 5.74) is 0. The van der Waals surface area contributed by atoms with Crippen LogP contribution in [0.5, 0.6) is 0 Å². The van der Waals surface area contributed by atoms with Crippen molar-refractivity contribution in [3.8, 4) is 0 Å². The number of hydrogen-bond donors (Lipinski definition) is 3. The van der Waals surface area contributed by atoms with Crippen LogP contribution in [0.1, 0.15) is 312 Å². The van der Waals surface area contributed by atoms with Gasteiger partial charge in [-0.2, -0.15) is 0 Å². The summed E-state index contributed by atoms with van der Waals surface area (Å²) in [6.45, 7) is 11.7. The lowest BCUT2D eigenvalue weighted by Gasteiger charge is -2.21. The van der Waals surface area contributed by atoms with E-state index in [2.05, 4.69) is 48.5 Å². The molecule has 0 amide bonds. The number of esters is 4. The van der Waals surface area contributed by atoms with Crippen molar-refractivity contribution in [3.63, 3.8) is 0 Å². The molecule has 0 aliphatic carbocycles. The number of hydrogen-bond acceptors (Lipinski definition) is 15. The van der Waals surface area contributed by atoms with Gasteiger partial charge in [-0.05, 0) is 43.4 Å². The van der Waals surface area contributed by atoms with Gasteiger partial charge in [0.2, 0.25) is 0 Å². The van der Waals surface area contributed by atoms with Crippen molar-refractivity contribution in [2.24, 2.45) is 17.8 Å². The summed E-state index contributed by atoms with van der Waals surface area (Å²) in [5.74, 6) is 0.0887. The molecule has 4 unspecified atom stereocenters. The lowest BCUT2D eigenvalue weighted by Crippen LogP contribution is -2.30. The molecule has 492 valence electrons. The summed E-state index contributed by atoms with van der Waals surface area (Å²) < 4.78 is 68.0. The largest absolute Gasteiger partial charge is 0.472 e. The predicted octanol–water partition coefficient (Wildman–Crippen LogP) is 17.5. The Hall–Kier alpha value is -1.94. The number of ether oxygens (including phenoxy) is 4. The molecule has 7 atom stereocenters. The molecule has 0 aliphatic heterocycles. The molecule has 83 heavy (non-hydrogen) atoms. The van der Waals surface area contributed by atoms with Crippen LogP contribution in [-0.2, 0) is 65.4 Å². The van der Waals surface area contributed by atoms with E-state index in [4.69, 9.17) is 37.0 Å². The lowest BCUT2D eigenvalue weighted by atomic mass is 9.99. The van der Waals surface area contributed by atoms with E-state index in [1.165, 1.54) is 116 Å². The van der Waals surface area contributed by atoms with Crippen LogP contribution in [0.2, 0.25) is 0 Å². The molecule has 0 radical (unpaired) electrons. The molecular formula is C64H124O17P2. The summed E-state index contributed by atoms with van der Waals surface area (Å²) in [4.78, 5) is 72.2. The average molecular weight is 1230 g/mol. The summed E-state index contributed by atoms with van der Waals surface area (Å²) in [6, 6.07) is 0. The van der Waals surface area contributed by atoms with Crippen LogP contribution in [0.25, 0.3) is 0 Å². The van der Waals surface area contributed by atoms with Crippen LogP contribution >= 0.6 is 15.6 Å². The fourth-order valence-electron chi connectivity index (χ4n) is 9.42. The molecule has 0 aromatic carbocycles. The average Bonchev–Trinajstić information content (AvgIpc) is 3.46. The first kappa shape index (κ1) is 81.1. The van der Waals surface area contributed by atoms with E-state index in [0.717, 1.165) is 108 Å². The van der Waals surface area contributed by atoms with Gasteiger partial charge in [0.25, 0.3) is 0 Å². The Bertz CT molecular complexity index is 1650. The Kier molecular flexibility index (Phi) is 54.1. The van der Waals surface area contributed by atoms with Crippen molar-refractivity contribution in [1.29, 1.82) is 0 Å². The molecule has 17 nitrogen and oxygen atoms in total. The van der Waals surface area contributed by atoms with Crippen molar-refractivity contribution in [2.75, 3.05) is 39.6 Å². The van der Waals surface area contributed by atoms with Crippen LogP contribution < -0.4 is 0 Å². The van der Waals surface area contributed by atoms with Gasteiger partial charge in [-0.15, -0.1) is 0 Å².